The van der Waals surface area contributed by atoms with Crippen molar-refractivity contribution in [2.45, 2.75) is 62.6 Å². The van der Waals surface area contributed by atoms with Gasteiger partial charge in [-0.05, 0) is 85.5 Å². The average Bonchev–Trinajstić information content (AvgIpc) is 3.61. The standard InChI is InChI=1S/C37H41N3O6S/c1-3-35(37(42)38-29-14-10-11-15-29)39(26-28-13-12-18-33(25-28)45-2)36(41)27-40(47(43,44)34-19-8-5-9-20-34)30-21-23-32(24-22-30)46-31-16-6-4-7-17-31/h4-9,12-13,16-25,29,35H,3,10-11,14-15,26-27H2,1-2H3,(H,38,42). The molecule has 0 bridgehead atoms. The Balaban J connectivity index is 1.48. The zero-order valence-corrected chi connectivity index (χ0v) is 27.6. The molecule has 1 saturated carbocycles. The second-order valence-corrected chi connectivity index (χ2v) is 13.4. The Labute approximate surface area is 277 Å². The van der Waals surface area contributed by atoms with Crippen molar-refractivity contribution in [2.75, 3.05) is 18.0 Å². The van der Waals surface area contributed by atoms with Gasteiger partial charge in [0.15, 0.2) is 0 Å². The molecule has 246 valence electrons. The topological polar surface area (TPSA) is 105 Å². The van der Waals surface area contributed by atoms with E-state index in [-0.39, 0.29) is 29.1 Å². The number of anilines is 1. The molecule has 2 amide bonds. The van der Waals surface area contributed by atoms with Crippen LogP contribution in [0.15, 0.2) is 114 Å². The molecule has 4 aromatic carbocycles. The maximum absolute atomic E-state index is 14.4. The Morgan fingerprint density at radius 3 is 2.09 bits per heavy atom. The van der Waals surface area contributed by atoms with Crippen LogP contribution in [0.25, 0.3) is 0 Å². The minimum absolute atomic E-state index is 0.0442. The van der Waals surface area contributed by atoms with Crippen LogP contribution < -0.4 is 19.1 Å². The van der Waals surface area contributed by atoms with E-state index in [2.05, 4.69) is 5.32 Å². The number of rotatable bonds is 14. The second-order valence-electron chi connectivity index (χ2n) is 11.5. The number of ether oxygens (including phenoxy) is 2. The van der Waals surface area contributed by atoms with Crippen molar-refractivity contribution < 1.29 is 27.5 Å². The van der Waals surface area contributed by atoms with E-state index in [4.69, 9.17) is 9.47 Å². The van der Waals surface area contributed by atoms with E-state index in [0.29, 0.717) is 23.7 Å². The smallest absolute Gasteiger partial charge is 0.264 e. The Bertz CT molecular complexity index is 1730. The van der Waals surface area contributed by atoms with Gasteiger partial charge in [0.1, 0.15) is 29.8 Å². The first-order chi connectivity index (χ1) is 22.8. The van der Waals surface area contributed by atoms with E-state index < -0.39 is 28.5 Å². The van der Waals surface area contributed by atoms with Crippen molar-refractivity contribution >= 4 is 27.5 Å². The van der Waals surface area contributed by atoms with E-state index in [1.807, 2.05) is 55.5 Å². The third-order valence-corrected chi connectivity index (χ3v) is 10.1. The molecule has 0 spiro atoms. The molecule has 0 aliphatic heterocycles. The number of nitrogens with one attached hydrogen (secondary N) is 1. The minimum atomic E-state index is -4.18. The van der Waals surface area contributed by atoms with Crippen LogP contribution in [0, 0.1) is 0 Å². The maximum atomic E-state index is 14.4. The number of methoxy groups -OCH3 is 1. The van der Waals surface area contributed by atoms with Crippen molar-refractivity contribution in [3.05, 3.63) is 115 Å². The molecule has 10 heteroatoms. The number of carbonyl (C=O) groups excluding carboxylic acids is 2. The van der Waals surface area contributed by atoms with Crippen LogP contribution in [-0.2, 0) is 26.2 Å². The molecule has 9 nitrogen and oxygen atoms in total. The van der Waals surface area contributed by atoms with Gasteiger partial charge in [0.25, 0.3) is 10.0 Å². The SMILES string of the molecule is CCC(C(=O)NC1CCCC1)N(Cc1cccc(OC)c1)C(=O)CN(c1ccc(Oc2ccccc2)cc1)S(=O)(=O)c1ccccc1. The lowest BCUT2D eigenvalue weighted by molar-refractivity contribution is -0.140. The summed E-state index contributed by atoms with van der Waals surface area (Å²) < 4.78 is 40.7. The van der Waals surface area contributed by atoms with Crippen molar-refractivity contribution in [1.82, 2.24) is 10.2 Å². The van der Waals surface area contributed by atoms with E-state index in [1.165, 1.54) is 17.0 Å². The van der Waals surface area contributed by atoms with Crippen LogP contribution in [-0.4, -0.2) is 50.9 Å². The zero-order chi connectivity index (χ0) is 33.2. The fraction of sp³-hybridized carbons (Fsp3) is 0.297. The quantitative estimate of drug-likeness (QED) is 0.165. The number of nitrogens with zero attached hydrogens (tertiary/aromatic N) is 2. The molecule has 47 heavy (non-hydrogen) atoms. The molecule has 0 radical (unpaired) electrons. The van der Waals surface area contributed by atoms with Crippen molar-refractivity contribution in [2.24, 2.45) is 0 Å². The summed E-state index contributed by atoms with van der Waals surface area (Å²) in [5.41, 5.74) is 1.04. The van der Waals surface area contributed by atoms with Gasteiger partial charge >= 0.3 is 0 Å². The number of para-hydroxylation sites is 1. The van der Waals surface area contributed by atoms with Gasteiger partial charge < -0.3 is 19.7 Å². The van der Waals surface area contributed by atoms with Gasteiger partial charge in [-0.15, -0.1) is 0 Å². The highest BCUT2D eigenvalue weighted by Gasteiger charge is 2.34. The Morgan fingerprint density at radius 2 is 1.45 bits per heavy atom. The highest BCUT2D eigenvalue weighted by molar-refractivity contribution is 7.92. The van der Waals surface area contributed by atoms with Crippen LogP contribution >= 0.6 is 0 Å². The van der Waals surface area contributed by atoms with Gasteiger partial charge in [-0.1, -0.05) is 68.3 Å². The lowest BCUT2D eigenvalue weighted by Crippen LogP contribution is -2.53. The van der Waals surface area contributed by atoms with Gasteiger partial charge in [-0.3, -0.25) is 13.9 Å². The minimum Gasteiger partial charge on any atom is -0.497 e. The molecular weight excluding hydrogens is 614 g/mol. The molecule has 0 saturated heterocycles. The Morgan fingerprint density at radius 1 is 0.830 bits per heavy atom. The zero-order valence-electron chi connectivity index (χ0n) is 26.7. The Kier molecular flexibility index (Phi) is 11.2. The van der Waals surface area contributed by atoms with Crippen LogP contribution in [0.2, 0.25) is 0 Å². The summed E-state index contributed by atoms with van der Waals surface area (Å²) in [7, 11) is -2.62. The molecule has 0 heterocycles. The summed E-state index contributed by atoms with van der Waals surface area (Å²) in [4.78, 5) is 29.6. The molecule has 1 atom stereocenters. The molecular formula is C37H41N3O6S. The van der Waals surface area contributed by atoms with Gasteiger partial charge in [-0.2, -0.15) is 0 Å². The number of amides is 2. The van der Waals surface area contributed by atoms with Crippen molar-refractivity contribution in [3.63, 3.8) is 0 Å². The lowest BCUT2D eigenvalue weighted by atomic mass is 10.1. The van der Waals surface area contributed by atoms with Crippen LogP contribution in [0.5, 0.6) is 17.2 Å². The Hall–Kier alpha value is -4.83. The van der Waals surface area contributed by atoms with Crippen LogP contribution in [0.1, 0.15) is 44.6 Å². The van der Waals surface area contributed by atoms with Crippen LogP contribution in [0.4, 0.5) is 5.69 Å². The summed E-state index contributed by atoms with van der Waals surface area (Å²) in [6.07, 6.45) is 4.26. The molecule has 1 N–H and O–H groups in total. The summed E-state index contributed by atoms with van der Waals surface area (Å²) in [5.74, 6) is 1.02. The molecule has 1 unspecified atom stereocenters. The highest BCUT2D eigenvalue weighted by atomic mass is 32.2. The molecule has 1 aliphatic carbocycles. The third-order valence-electron chi connectivity index (χ3n) is 8.29. The van der Waals surface area contributed by atoms with E-state index in [0.717, 1.165) is 35.6 Å². The van der Waals surface area contributed by atoms with E-state index >= 15 is 0 Å². The maximum Gasteiger partial charge on any atom is 0.264 e. The summed E-state index contributed by atoms with van der Waals surface area (Å²) >= 11 is 0. The molecule has 1 aliphatic rings. The second kappa shape index (κ2) is 15.6. The molecule has 4 aromatic rings. The molecule has 0 aromatic heterocycles. The summed E-state index contributed by atoms with van der Waals surface area (Å²) in [6, 6.07) is 30.4. The van der Waals surface area contributed by atoms with E-state index in [1.54, 1.807) is 55.6 Å². The van der Waals surface area contributed by atoms with Gasteiger partial charge in [-0.25, -0.2) is 8.42 Å². The number of hydrogen-bond acceptors (Lipinski definition) is 6. The number of sulfonamides is 1. The van der Waals surface area contributed by atoms with Gasteiger partial charge in [0.05, 0.1) is 17.7 Å². The predicted octanol–water partition coefficient (Wildman–Crippen LogP) is 6.55. The summed E-state index contributed by atoms with van der Waals surface area (Å²) in [6.45, 7) is 1.43. The average molecular weight is 656 g/mol. The third kappa shape index (κ3) is 8.51. The monoisotopic (exact) mass is 655 g/mol. The lowest BCUT2D eigenvalue weighted by Gasteiger charge is -2.34. The van der Waals surface area contributed by atoms with Crippen LogP contribution in [0.3, 0.4) is 0 Å². The first-order valence-corrected chi connectivity index (χ1v) is 17.4. The predicted molar refractivity (Wildman–Crippen MR) is 182 cm³/mol. The fourth-order valence-electron chi connectivity index (χ4n) is 5.81. The van der Waals surface area contributed by atoms with Gasteiger partial charge in [0.2, 0.25) is 11.8 Å². The highest BCUT2D eigenvalue weighted by Crippen LogP contribution is 2.29. The first kappa shape index (κ1) is 33.5. The number of carbonyl (C=O) groups is 2. The van der Waals surface area contributed by atoms with E-state index in [9.17, 15) is 18.0 Å². The normalized spacial score (nSPS) is 13.8. The molecule has 5 rings (SSSR count). The van der Waals surface area contributed by atoms with Gasteiger partial charge in [0, 0.05) is 12.6 Å². The largest absolute Gasteiger partial charge is 0.497 e. The summed E-state index contributed by atoms with van der Waals surface area (Å²) in [5, 5.41) is 3.14. The molecule has 1 fully saturated rings. The van der Waals surface area contributed by atoms with Crippen molar-refractivity contribution in [3.8, 4) is 17.2 Å². The first-order valence-electron chi connectivity index (χ1n) is 15.9. The number of hydrogen-bond donors (Lipinski definition) is 1. The number of benzene rings is 4. The fourth-order valence-corrected chi connectivity index (χ4v) is 7.24. The van der Waals surface area contributed by atoms with Crippen molar-refractivity contribution in [1.29, 1.82) is 0 Å².